The van der Waals surface area contributed by atoms with E-state index in [0.717, 1.165) is 0 Å². The molecule has 0 atom stereocenters. The van der Waals surface area contributed by atoms with Crippen molar-refractivity contribution in [2.45, 2.75) is 13.3 Å². The average molecular weight is 378 g/mol. The molecule has 0 saturated heterocycles. The van der Waals surface area contributed by atoms with Gasteiger partial charge in [0.05, 0.1) is 0 Å². The molecule has 0 radical (unpaired) electrons. The number of Topliss-reactive ketones (excluding diaryl/α,β-unsaturated/α-hetero) is 1. The molecule has 0 aliphatic heterocycles. The van der Waals surface area contributed by atoms with Crippen molar-refractivity contribution in [3.63, 3.8) is 0 Å². The van der Waals surface area contributed by atoms with Crippen LogP contribution >= 0.6 is 0 Å². The maximum atomic E-state index is 13.6. The zero-order chi connectivity index (χ0) is 19.9. The van der Waals surface area contributed by atoms with E-state index in [1.54, 1.807) is 42.5 Å². The van der Waals surface area contributed by atoms with Gasteiger partial charge in [-0.2, -0.15) is 0 Å². The Morgan fingerprint density at radius 3 is 2.64 bits per heavy atom. The first-order chi connectivity index (χ1) is 13.5. The van der Waals surface area contributed by atoms with Crippen molar-refractivity contribution in [3.05, 3.63) is 83.6 Å². The van der Waals surface area contributed by atoms with E-state index in [4.69, 9.17) is 0 Å². The Morgan fingerprint density at radius 1 is 1.04 bits per heavy atom. The second-order valence-electron chi connectivity index (χ2n) is 6.15. The summed E-state index contributed by atoms with van der Waals surface area (Å²) in [5, 5.41) is 5.77. The summed E-state index contributed by atoms with van der Waals surface area (Å²) in [4.78, 5) is 31.9. The lowest BCUT2D eigenvalue weighted by Crippen LogP contribution is -2.15. The minimum atomic E-state index is -0.416. The van der Waals surface area contributed by atoms with E-state index in [0.29, 0.717) is 35.6 Å². The van der Waals surface area contributed by atoms with Crippen molar-refractivity contribution >= 4 is 23.2 Å². The standard InChI is InChI=1S/C21H19FN4O2/c1-14(27)16-6-4-7-17(11-16)26-21(28)19-12-20(25-13-24-19)23-10-9-15-5-2-3-8-18(15)22/h2-8,11-13H,9-10H2,1H3,(H,26,28)(H,23,24,25). The number of rotatable bonds is 7. The number of ketones is 1. The van der Waals surface area contributed by atoms with Crippen LogP contribution < -0.4 is 10.6 Å². The topological polar surface area (TPSA) is 84.0 Å². The summed E-state index contributed by atoms with van der Waals surface area (Å²) >= 11 is 0. The molecular weight excluding hydrogens is 359 g/mol. The summed E-state index contributed by atoms with van der Waals surface area (Å²) in [5.41, 5.74) is 1.80. The predicted octanol–water partition coefficient (Wildman–Crippen LogP) is 3.73. The molecule has 1 amide bonds. The van der Waals surface area contributed by atoms with Gasteiger partial charge in [0, 0.05) is 23.9 Å². The summed E-state index contributed by atoms with van der Waals surface area (Å²) in [6.45, 7) is 1.92. The van der Waals surface area contributed by atoms with Gasteiger partial charge in [0.2, 0.25) is 0 Å². The number of carbonyl (C=O) groups excluding carboxylic acids is 2. The number of amides is 1. The minimum absolute atomic E-state index is 0.0838. The molecule has 142 valence electrons. The number of nitrogens with zero attached hydrogens (tertiary/aromatic N) is 2. The van der Waals surface area contributed by atoms with Crippen molar-refractivity contribution in [2.24, 2.45) is 0 Å². The summed E-state index contributed by atoms with van der Waals surface area (Å²) < 4.78 is 13.6. The number of halogens is 1. The van der Waals surface area contributed by atoms with Crippen molar-refractivity contribution < 1.29 is 14.0 Å². The van der Waals surface area contributed by atoms with E-state index in [9.17, 15) is 14.0 Å². The largest absolute Gasteiger partial charge is 0.370 e. The molecule has 28 heavy (non-hydrogen) atoms. The highest BCUT2D eigenvalue weighted by Gasteiger charge is 2.10. The van der Waals surface area contributed by atoms with Gasteiger partial charge in [0.15, 0.2) is 5.78 Å². The molecule has 0 bridgehead atoms. The van der Waals surface area contributed by atoms with Crippen LogP contribution in [0.15, 0.2) is 60.9 Å². The highest BCUT2D eigenvalue weighted by molar-refractivity contribution is 6.04. The SMILES string of the molecule is CC(=O)c1cccc(NC(=O)c2cc(NCCc3ccccc3F)ncn2)c1. The molecule has 1 aromatic heterocycles. The quantitative estimate of drug-likeness (QED) is 0.612. The van der Waals surface area contributed by atoms with E-state index in [1.165, 1.54) is 25.4 Å². The van der Waals surface area contributed by atoms with Gasteiger partial charge in [-0.05, 0) is 37.1 Å². The van der Waals surface area contributed by atoms with Crippen molar-refractivity contribution in [2.75, 3.05) is 17.2 Å². The lowest BCUT2D eigenvalue weighted by molar-refractivity contribution is 0.100. The van der Waals surface area contributed by atoms with Gasteiger partial charge in [-0.15, -0.1) is 0 Å². The number of anilines is 2. The lowest BCUT2D eigenvalue weighted by atomic mass is 10.1. The number of nitrogens with one attached hydrogen (secondary N) is 2. The van der Waals surface area contributed by atoms with Gasteiger partial charge in [-0.3, -0.25) is 9.59 Å². The van der Waals surface area contributed by atoms with Crippen LogP contribution in [-0.2, 0) is 6.42 Å². The van der Waals surface area contributed by atoms with Crippen LogP contribution in [0.1, 0.15) is 33.3 Å². The molecule has 0 aliphatic carbocycles. The van der Waals surface area contributed by atoms with Gasteiger partial charge >= 0.3 is 0 Å². The van der Waals surface area contributed by atoms with Gasteiger partial charge in [0.25, 0.3) is 5.91 Å². The van der Waals surface area contributed by atoms with Crippen molar-refractivity contribution in [1.29, 1.82) is 0 Å². The number of carbonyl (C=O) groups is 2. The molecule has 3 rings (SSSR count). The highest BCUT2D eigenvalue weighted by Crippen LogP contribution is 2.13. The highest BCUT2D eigenvalue weighted by atomic mass is 19.1. The van der Waals surface area contributed by atoms with Crippen LogP contribution in [-0.4, -0.2) is 28.2 Å². The van der Waals surface area contributed by atoms with Crippen LogP contribution in [0.3, 0.4) is 0 Å². The molecule has 0 saturated carbocycles. The Labute approximate surface area is 161 Å². The monoisotopic (exact) mass is 378 g/mol. The second kappa shape index (κ2) is 8.85. The third kappa shape index (κ3) is 4.97. The van der Waals surface area contributed by atoms with Gasteiger partial charge in [0.1, 0.15) is 23.7 Å². The molecule has 0 aliphatic rings. The molecule has 0 spiro atoms. The number of hydrogen-bond donors (Lipinski definition) is 2. The Balaban J connectivity index is 1.62. The van der Waals surface area contributed by atoms with Gasteiger partial charge < -0.3 is 10.6 Å². The maximum absolute atomic E-state index is 13.6. The van der Waals surface area contributed by atoms with Crippen LogP contribution in [0.2, 0.25) is 0 Å². The zero-order valence-corrected chi connectivity index (χ0v) is 15.3. The third-order valence-electron chi connectivity index (χ3n) is 4.08. The smallest absolute Gasteiger partial charge is 0.274 e. The van der Waals surface area contributed by atoms with E-state index >= 15 is 0 Å². The normalized spacial score (nSPS) is 10.4. The molecule has 2 N–H and O–H groups in total. The maximum Gasteiger partial charge on any atom is 0.274 e. The van der Waals surface area contributed by atoms with E-state index in [2.05, 4.69) is 20.6 Å². The van der Waals surface area contributed by atoms with Gasteiger partial charge in [-0.1, -0.05) is 30.3 Å². The zero-order valence-electron chi connectivity index (χ0n) is 15.3. The Morgan fingerprint density at radius 2 is 1.86 bits per heavy atom. The second-order valence-corrected chi connectivity index (χ2v) is 6.15. The average Bonchev–Trinajstić information content (AvgIpc) is 2.70. The summed E-state index contributed by atoms with van der Waals surface area (Å²) in [5.74, 6) is -0.284. The fourth-order valence-corrected chi connectivity index (χ4v) is 2.62. The van der Waals surface area contributed by atoms with Crippen molar-refractivity contribution in [1.82, 2.24) is 9.97 Å². The van der Waals surface area contributed by atoms with Crippen LogP contribution in [0.25, 0.3) is 0 Å². The fraction of sp³-hybridized carbons (Fsp3) is 0.143. The predicted molar refractivity (Wildman–Crippen MR) is 105 cm³/mol. The summed E-state index contributed by atoms with van der Waals surface area (Å²) in [6, 6.07) is 14.8. The van der Waals surface area contributed by atoms with Crippen molar-refractivity contribution in [3.8, 4) is 0 Å². The number of aromatic nitrogens is 2. The van der Waals surface area contributed by atoms with Crippen LogP contribution in [0.5, 0.6) is 0 Å². The first-order valence-corrected chi connectivity index (χ1v) is 8.74. The van der Waals surface area contributed by atoms with E-state index < -0.39 is 5.91 Å². The Hall–Kier alpha value is -3.61. The molecular formula is C21H19FN4O2. The minimum Gasteiger partial charge on any atom is -0.370 e. The first kappa shape index (κ1) is 19.2. The molecule has 0 fully saturated rings. The van der Waals surface area contributed by atoms with Crippen LogP contribution in [0.4, 0.5) is 15.9 Å². The number of benzene rings is 2. The lowest BCUT2D eigenvalue weighted by Gasteiger charge is -2.09. The first-order valence-electron chi connectivity index (χ1n) is 8.74. The van der Waals surface area contributed by atoms with E-state index in [1.807, 2.05) is 0 Å². The molecule has 1 heterocycles. The molecule has 0 unspecified atom stereocenters. The number of hydrogen-bond acceptors (Lipinski definition) is 5. The molecule has 2 aromatic carbocycles. The Kier molecular flexibility index (Phi) is 6.06. The molecule has 3 aromatic rings. The van der Waals surface area contributed by atoms with E-state index in [-0.39, 0.29) is 17.3 Å². The summed E-state index contributed by atoms with van der Waals surface area (Å²) in [6.07, 6.45) is 1.77. The fourth-order valence-electron chi connectivity index (χ4n) is 2.62. The molecule has 7 heteroatoms. The summed E-state index contributed by atoms with van der Waals surface area (Å²) in [7, 11) is 0. The van der Waals surface area contributed by atoms with Gasteiger partial charge in [-0.25, -0.2) is 14.4 Å². The molecule has 6 nitrogen and oxygen atoms in total. The third-order valence-corrected chi connectivity index (χ3v) is 4.08. The Bertz CT molecular complexity index is 1010. The van der Waals surface area contributed by atoms with Crippen LogP contribution in [0, 0.1) is 5.82 Å².